The van der Waals surface area contributed by atoms with Gasteiger partial charge in [0.25, 0.3) is 0 Å². The van der Waals surface area contributed by atoms with Gasteiger partial charge in [0, 0.05) is 24.1 Å². The predicted octanol–water partition coefficient (Wildman–Crippen LogP) is 3.93. The van der Waals surface area contributed by atoms with Gasteiger partial charge in [-0.25, -0.2) is 0 Å². The van der Waals surface area contributed by atoms with E-state index >= 15 is 0 Å². The first-order valence-electron chi connectivity index (χ1n) is 8.38. The third kappa shape index (κ3) is 4.47. The highest BCUT2D eigenvalue weighted by Crippen LogP contribution is 2.23. The maximum Gasteiger partial charge on any atom is 0.247 e. The van der Waals surface area contributed by atoms with E-state index in [1.807, 2.05) is 50.2 Å². The number of anilines is 1. The molecule has 0 saturated heterocycles. The number of carbonyl (C=O) groups excluding carboxylic acids is 1. The van der Waals surface area contributed by atoms with E-state index in [9.17, 15) is 4.79 Å². The number of aryl methyl sites for hydroxylation is 3. The summed E-state index contributed by atoms with van der Waals surface area (Å²) in [7, 11) is 1.60. The highest BCUT2D eigenvalue weighted by Gasteiger charge is 2.11. The Morgan fingerprint density at radius 3 is 2.62 bits per heavy atom. The zero-order valence-corrected chi connectivity index (χ0v) is 15.1. The Hall–Kier alpha value is -3.15. The number of methoxy groups -OCH3 is 1. The minimum absolute atomic E-state index is 0.0869. The Labute approximate surface area is 152 Å². The maximum absolute atomic E-state index is 12.2. The number of benzene rings is 2. The molecule has 6 heteroatoms. The van der Waals surface area contributed by atoms with Crippen LogP contribution in [0.15, 0.2) is 46.9 Å². The Kier molecular flexibility index (Phi) is 5.31. The van der Waals surface area contributed by atoms with Crippen molar-refractivity contribution in [2.75, 3.05) is 12.4 Å². The van der Waals surface area contributed by atoms with E-state index in [4.69, 9.17) is 9.15 Å². The van der Waals surface area contributed by atoms with Crippen LogP contribution in [0.4, 0.5) is 5.69 Å². The van der Waals surface area contributed by atoms with E-state index < -0.39 is 0 Å². The lowest BCUT2D eigenvalue weighted by atomic mass is 10.1. The smallest absolute Gasteiger partial charge is 0.247 e. The van der Waals surface area contributed by atoms with Crippen molar-refractivity contribution < 1.29 is 13.9 Å². The fourth-order valence-electron chi connectivity index (χ4n) is 2.72. The molecule has 0 bridgehead atoms. The van der Waals surface area contributed by atoms with Crippen molar-refractivity contribution in [1.82, 2.24) is 10.2 Å². The largest absolute Gasteiger partial charge is 0.497 e. The van der Waals surface area contributed by atoms with Crippen LogP contribution in [0.5, 0.6) is 5.75 Å². The molecular formula is C20H21N3O3. The molecular weight excluding hydrogens is 330 g/mol. The molecule has 1 N–H and O–H groups in total. The number of hydrogen-bond acceptors (Lipinski definition) is 5. The third-order valence-electron chi connectivity index (χ3n) is 3.85. The van der Waals surface area contributed by atoms with E-state index in [1.165, 1.54) is 0 Å². The molecule has 0 aliphatic heterocycles. The molecule has 3 rings (SSSR count). The lowest BCUT2D eigenvalue weighted by Crippen LogP contribution is -2.12. The Morgan fingerprint density at radius 1 is 1.12 bits per heavy atom. The normalized spacial score (nSPS) is 10.6. The van der Waals surface area contributed by atoms with E-state index in [1.54, 1.807) is 7.11 Å². The molecule has 0 spiro atoms. The van der Waals surface area contributed by atoms with Gasteiger partial charge in [-0.15, -0.1) is 10.2 Å². The van der Waals surface area contributed by atoms with Gasteiger partial charge in [-0.1, -0.05) is 12.1 Å². The first-order chi connectivity index (χ1) is 12.5. The molecule has 134 valence electrons. The summed E-state index contributed by atoms with van der Waals surface area (Å²) in [4.78, 5) is 12.2. The van der Waals surface area contributed by atoms with Gasteiger partial charge in [-0.2, -0.15) is 0 Å². The van der Waals surface area contributed by atoms with Gasteiger partial charge in [0.05, 0.1) is 7.11 Å². The first-order valence-corrected chi connectivity index (χ1v) is 8.38. The van der Waals surface area contributed by atoms with Gasteiger partial charge < -0.3 is 14.5 Å². The van der Waals surface area contributed by atoms with Gasteiger partial charge in [0.1, 0.15) is 5.75 Å². The van der Waals surface area contributed by atoms with Crippen LogP contribution in [0.1, 0.15) is 23.4 Å². The average molecular weight is 351 g/mol. The number of amides is 1. The Morgan fingerprint density at radius 2 is 1.88 bits per heavy atom. The summed E-state index contributed by atoms with van der Waals surface area (Å²) in [6, 6.07) is 13.3. The standard InChI is InChI=1S/C20H21N3O3/c1-13-9-14(2)11-16(10-13)21-18(24)7-8-19-22-23-20(26-19)15-5-4-6-17(12-15)25-3/h4-6,9-12H,7-8H2,1-3H3,(H,21,24). The number of hydrogen-bond donors (Lipinski definition) is 1. The topological polar surface area (TPSA) is 77.2 Å². The monoisotopic (exact) mass is 351 g/mol. The van der Waals surface area contributed by atoms with Crippen LogP contribution >= 0.6 is 0 Å². The number of ether oxygens (including phenoxy) is 1. The van der Waals surface area contributed by atoms with Gasteiger partial charge >= 0.3 is 0 Å². The van der Waals surface area contributed by atoms with Crippen molar-refractivity contribution >= 4 is 11.6 Å². The molecule has 6 nitrogen and oxygen atoms in total. The fourth-order valence-corrected chi connectivity index (χ4v) is 2.72. The van der Waals surface area contributed by atoms with E-state index in [2.05, 4.69) is 21.6 Å². The summed E-state index contributed by atoms with van der Waals surface area (Å²) in [5.74, 6) is 1.47. The van der Waals surface area contributed by atoms with E-state index in [0.717, 1.165) is 28.1 Å². The zero-order valence-electron chi connectivity index (χ0n) is 15.1. The molecule has 0 saturated carbocycles. The van der Waals surface area contributed by atoms with Crippen molar-refractivity contribution in [1.29, 1.82) is 0 Å². The average Bonchev–Trinajstić information content (AvgIpc) is 3.08. The van der Waals surface area contributed by atoms with Crippen molar-refractivity contribution in [2.45, 2.75) is 26.7 Å². The number of rotatable bonds is 6. The Bertz CT molecular complexity index is 898. The van der Waals surface area contributed by atoms with Crippen molar-refractivity contribution in [2.24, 2.45) is 0 Å². The predicted molar refractivity (Wildman–Crippen MR) is 99.2 cm³/mol. The lowest BCUT2D eigenvalue weighted by molar-refractivity contribution is -0.116. The van der Waals surface area contributed by atoms with Crippen LogP contribution in [-0.2, 0) is 11.2 Å². The summed E-state index contributed by atoms with van der Waals surface area (Å²) in [6.45, 7) is 4.00. The second-order valence-corrected chi connectivity index (χ2v) is 6.16. The quantitative estimate of drug-likeness (QED) is 0.728. The highest BCUT2D eigenvalue weighted by atomic mass is 16.5. The first kappa shape index (κ1) is 17.7. The molecule has 1 amide bonds. The number of nitrogens with zero attached hydrogens (tertiary/aromatic N) is 2. The summed E-state index contributed by atoms with van der Waals surface area (Å²) < 4.78 is 10.8. The van der Waals surface area contributed by atoms with Crippen LogP contribution < -0.4 is 10.1 Å². The Balaban J connectivity index is 1.59. The summed E-state index contributed by atoms with van der Waals surface area (Å²) in [6.07, 6.45) is 0.653. The van der Waals surface area contributed by atoms with E-state index in [0.29, 0.717) is 18.2 Å². The van der Waals surface area contributed by atoms with Crippen LogP contribution in [0, 0.1) is 13.8 Å². The molecule has 1 aromatic heterocycles. The number of nitrogens with one attached hydrogen (secondary N) is 1. The molecule has 0 atom stereocenters. The fraction of sp³-hybridized carbons (Fsp3) is 0.250. The minimum Gasteiger partial charge on any atom is -0.497 e. The number of aromatic nitrogens is 2. The summed E-state index contributed by atoms with van der Waals surface area (Å²) >= 11 is 0. The molecule has 1 heterocycles. The molecule has 2 aromatic carbocycles. The van der Waals surface area contributed by atoms with Gasteiger partial charge in [0.2, 0.25) is 17.7 Å². The summed E-state index contributed by atoms with van der Waals surface area (Å²) in [5.41, 5.74) is 3.80. The molecule has 26 heavy (non-hydrogen) atoms. The van der Waals surface area contributed by atoms with Crippen molar-refractivity contribution in [3.63, 3.8) is 0 Å². The van der Waals surface area contributed by atoms with E-state index in [-0.39, 0.29) is 12.3 Å². The second kappa shape index (κ2) is 7.82. The highest BCUT2D eigenvalue weighted by molar-refractivity contribution is 5.90. The third-order valence-corrected chi connectivity index (χ3v) is 3.85. The van der Waals surface area contributed by atoms with Crippen LogP contribution in [-0.4, -0.2) is 23.2 Å². The van der Waals surface area contributed by atoms with Gasteiger partial charge in [-0.05, 0) is 55.3 Å². The minimum atomic E-state index is -0.0869. The molecule has 0 aliphatic rings. The van der Waals surface area contributed by atoms with Gasteiger partial charge in [-0.3, -0.25) is 4.79 Å². The molecule has 0 fully saturated rings. The lowest BCUT2D eigenvalue weighted by Gasteiger charge is -2.06. The van der Waals surface area contributed by atoms with Crippen LogP contribution in [0.3, 0.4) is 0 Å². The zero-order chi connectivity index (χ0) is 18.5. The molecule has 0 radical (unpaired) electrons. The second-order valence-electron chi connectivity index (χ2n) is 6.16. The SMILES string of the molecule is COc1cccc(-c2nnc(CCC(=O)Nc3cc(C)cc(C)c3)o2)c1. The van der Waals surface area contributed by atoms with Crippen LogP contribution in [0.25, 0.3) is 11.5 Å². The maximum atomic E-state index is 12.2. The number of carbonyl (C=O) groups is 1. The van der Waals surface area contributed by atoms with Crippen molar-refractivity contribution in [3.05, 3.63) is 59.5 Å². The molecule has 0 unspecified atom stereocenters. The molecule has 3 aromatic rings. The summed E-state index contributed by atoms with van der Waals surface area (Å²) in [5, 5.41) is 11.0. The van der Waals surface area contributed by atoms with Crippen molar-refractivity contribution in [3.8, 4) is 17.2 Å². The van der Waals surface area contributed by atoms with Crippen LogP contribution in [0.2, 0.25) is 0 Å². The molecule has 0 aliphatic carbocycles. The van der Waals surface area contributed by atoms with Gasteiger partial charge in [0.15, 0.2) is 0 Å².